The van der Waals surface area contributed by atoms with Gasteiger partial charge in [0.2, 0.25) is 5.95 Å². The number of benzene rings is 1. The Morgan fingerprint density at radius 1 is 1.16 bits per heavy atom. The molecule has 1 fully saturated rings. The molecule has 0 atom stereocenters. The summed E-state index contributed by atoms with van der Waals surface area (Å²) in [6.07, 6.45) is 6.44. The molecule has 0 unspecified atom stereocenters. The molecule has 1 aromatic carbocycles. The van der Waals surface area contributed by atoms with Gasteiger partial charge in [0.15, 0.2) is 0 Å². The average Bonchev–Trinajstić information content (AvgIpc) is 2.96. The summed E-state index contributed by atoms with van der Waals surface area (Å²) in [5, 5.41) is 2.90. The molecule has 0 radical (unpaired) electrons. The predicted octanol–water partition coefficient (Wildman–Crippen LogP) is 2.80. The van der Waals surface area contributed by atoms with Crippen molar-refractivity contribution in [2.45, 2.75) is 32.2 Å². The van der Waals surface area contributed by atoms with Crippen molar-refractivity contribution in [3.05, 3.63) is 47.8 Å². The Balaban J connectivity index is 1.66. The van der Waals surface area contributed by atoms with E-state index in [4.69, 9.17) is 4.74 Å². The maximum absolute atomic E-state index is 12.5. The summed E-state index contributed by atoms with van der Waals surface area (Å²) in [7, 11) is 1.62. The Morgan fingerprint density at radius 2 is 1.92 bits per heavy atom. The number of aromatic nitrogens is 2. The first-order chi connectivity index (χ1) is 12.3. The van der Waals surface area contributed by atoms with Crippen molar-refractivity contribution in [3.63, 3.8) is 0 Å². The molecule has 2 aromatic rings. The molecule has 1 saturated heterocycles. The Morgan fingerprint density at radius 3 is 2.68 bits per heavy atom. The number of hydrogen-bond donors (Lipinski definition) is 1. The first-order valence-electron chi connectivity index (χ1n) is 8.76. The van der Waals surface area contributed by atoms with Crippen LogP contribution in [0.4, 0.5) is 5.95 Å². The Kier molecular flexibility index (Phi) is 5.82. The summed E-state index contributed by atoms with van der Waals surface area (Å²) in [6, 6.07) is 9.29. The highest BCUT2D eigenvalue weighted by atomic mass is 16.5. The van der Waals surface area contributed by atoms with E-state index in [1.807, 2.05) is 24.3 Å². The number of rotatable bonds is 5. The third-order valence-electron chi connectivity index (χ3n) is 4.40. The Hall–Kier alpha value is -2.63. The first kappa shape index (κ1) is 17.2. The van der Waals surface area contributed by atoms with Crippen LogP contribution in [0.3, 0.4) is 0 Å². The van der Waals surface area contributed by atoms with E-state index in [9.17, 15) is 4.79 Å². The molecule has 6 heteroatoms. The Labute approximate surface area is 148 Å². The van der Waals surface area contributed by atoms with Crippen LogP contribution in [0.5, 0.6) is 5.75 Å². The van der Waals surface area contributed by atoms with E-state index in [-0.39, 0.29) is 5.91 Å². The van der Waals surface area contributed by atoms with Crippen molar-refractivity contribution in [1.82, 2.24) is 15.3 Å². The highest BCUT2D eigenvalue weighted by Crippen LogP contribution is 2.17. The standard InChI is InChI=1S/C19H24N4O2/c1-25-17-9-5-4-8-15(17)14-21-18(24)16-10-11-20-19(22-16)23-12-6-2-3-7-13-23/h4-5,8-11H,2-3,6-7,12-14H2,1H3,(H,21,24). The molecule has 25 heavy (non-hydrogen) atoms. The van der Waals surface area contributed by atoms with E-state index in [0.29, 0.717) is 18.2 Å². The van der Waals surface area contributed by atoms with E-state index in [2.05, 4.69) is 20.2 Å². The summed E-state index contributed by atoms with van der Waals surface area (Å²) in [4.78, 5) is 23.4. The van der Waals surface area contributed by atoms with Crippen LogP contribution >= 0.6 is 0 Å². The molecule has 1 aliphatic rings. The minimum atomic E-state index is -0.204. The lowest BCUT2D eigenvalue weighted by molar-refractivity contribution is 0.0945. The molecule has 3 rings (SSSR count). The van der Waals surface area contributed by atoms with Gasteiger partial charge in [-0.25, -0.2) is 9.97 Å². The van der Waals surface area contributed by atoms with Gasteiger partial charge in [-0.2, -0.15) is 0 Å². The molecule has 1 aliphatic heterocycles. The predicted molar refractivity (Wildman–Crippen MR) is 96.9 cm³/mol. The average molecular weight is 340 g/mol. The number of amides is 1. The van der Waals surface area contributed by atoms with Crippen LogP contribution in [0, 0.1) is 0 Å². The van der Waals surface area contributed by atoms with Crippen molar-refractivity contribution in [1.29, 1.82) is 0 Å². The minimum absolute atomic E-state index is 0.204. The van der Waals surface area contributed by atoms with Gasteiger partial charge in [0.1, 0.15) is 11.4 Å². The van der Waals surface area contributed by atoms with E-state index in [1.54, 1.807) is 19.4 Å². The van der Waals surface area contributed by atoms with Crippen molar-refractivity contribution < 1.29 is 9.53 Å². The summed E-state index contributed by atoms with van der Waals surface area (Å²) >= 11 is 0. The summed E-state index contributed by atoms with van der Waals surface area (Å²) in [5.74, 6) is 1.20. The molecule has 0 aliphatic carbocycles. The topological polar surface area (TPSA) is 67.3 Å². The zero-order valence-corrected chi connectivity index (χ0v) is 14.6. The van der Waals surface area contributed by atoms with Gasteiger partial charge in [0.05, 0.1) is 7.11 Å². The lowest BCUT2D eigenvalue weighted by atomic mass is 10.2. The summed E-state index contributed by atoms with van der Waals surface area (Å²) in [6.45, 7) is 2.30. The van der Waals surface area contributed by atoms with Gasteiger partial charge in [0.25, 0.3) is 5.91 Å². The minimum Gasteiger partial charge on any atom is -0.496 e. The monoisotopic (exact) mass is 340 g/mol. The zero-order valence-electron chi connectivity index (χ0n) is 14.6. The molecule has 0 spiro atoms. The van der Waals surface area contributed by atoms with Gasteiger partial charge in [-0.3, -0.25) is 4.79 Å². The van der Waals surface area contributed by atoms with Gasteiger partial charge < -0.3 is 15.0 Å². The highest BCUT2D eigenvalue weighted by molar-refractivity contribution is 5.92. The third kappa shape index (κ3) is 4.47. The van der Waals surface area contributed by atoms with Crippen LogP contribution in [0.2, 0.25) is 0 Å². The van der Waals surface area contributed by atoms with Gasteiger partial charge in [-0.1, -0.05) is 31.0 Å². The Bertz CT molecular complexity index is 712. The lowest BCUT2D eigenvalue weighted by Crippen LogP contribution is -2.28. The molecular weight excluding hydrogens is 316 g/mol. The van der Waals surface area contributed by atoms with E-state index in [0.717, 1.165) is 37.2 Å². The second-order valence-corrected chi connectivity index (χ2v) is 6.14. The number of carbonyl (C=O) groups is 1. The maximum atomic E-state index is 12.5. The third-order valence-corrected chi connectivity index (χ3v) is 4.40. The fraction of sp³-hybridized carbons (Fsp3) is 0.421. The van der Waals surface area contributed by atoms with Crippen LogP contribution < -0.4 is 15.0 Å². The van der Waals surface area contributed by atoms with Crippen LogP contribution in [0.25, 0.3) is 0 Å². The van der Waals surface area contributed by atoms with Crippen LogP contribution in [-0.4, -0.2) is 36.1 Å². The largest absolute Gasteiger partial charge is 0.496 e. The van der Waals surface area contributed by atoms with Crippen molar-refractivity contribution >= 4 is 11.9 Å². The molecular formula is C19H24N4O2. The number of methoxy groups -OCH3 is 1. The maximum Gasteiger partial charge on any atom is 0.270 e. The van der Waals surface area contributed by atoms with Gasteiger partial charge in [0, 0.05) is 31.4 Å². The van der Waals surface area contributed by atoms with Crippen molar-refractivity contribution in [2.75, 3.05) is 25.1 Å². The number of para-hydroxylation sites is 1. The molecule has 132 valence electrons. The normalized spacial score (nSPS) is 14.7. The summed E-state index contributed by atoms with van der Waals surface area (Å²) < 4.78 is 5.31. The van der Waals surface area contributed by atoms with Gasteiger partial charge >= 0.3 is 0 Å². The van der Waals surface area contributed by atoms with Crippen molar-refractivity contribution in [3.8, 4) is 5.75 Å². The quantitative estimate of drug-likeness (QED) is 0.906. The highest BCUT2D eigenvalue weighted by Gasteiger charge is 2.15. The molecule has 1 aromatic heterocycles. The zero-order chi connectivity index (χ0) is 17.5. The second-order valence-electron chi connectivity index (χ2n) is 6.14. The SMILES string of the molecule is COc1ccccc1CNC(=O)c1ccnc(N2CCCCCC2)n1. The van der Waals surface area contributed by atoms with Crippen LogP contribution in [0.15, 0.2) is 36.5 Å². The van der Waals surface area contributed by atoms with E-state index >= 15 is 0 Å². The fourth-order valence-corrected chi connectivity index (χ4v) is 3.01. The van der Waals surface area contributed by atoms with Gasteiger partial charge in [-0.15, -0.1) is 0 Å². The number of nitrogens with one attached hydrogen (secondary N) is 1. The van der Waals surface area contributed by atoms with Crippen LogP contribution in [-0.2, 0) is 6.54 Å². The molecule has 1 amide bonds. The molecule has 0 bridgehead atoms. The molecule has 0 saturated carbocycles. The van der Waals surface area contributed by atoms with E-state index < -0.39 is 0 Å². The van der Waals surface area contributed by atoms with Gasteiger partial charge in [-0.05, 0) is 25.0 Å². The molecule has 1 N–H and O–H groups in total. The molecule has 6 nitrogen and oxygen atoms in total. The second kappa shape index (κ2) is 8.46. The number of nitrogens with zero attached hydrogens (tertiary/aromatic N) is 3. The number of hydrogen-bond acceptors (Lipinski definition) is 5. The number of ether oxygens (including phenoxy) is 1. The van der Waals surface area contributed by atoms with Crippen LogP contribution in [0.1, 0.15) is 41.7 Å². The first-order valence-corrected chi connectivity index (χ1v) is 8.76. The fourth-order valence-electron chi connectivity index (χ4n) is 3.01. The van der Waals surface area contributed by atoms with E-state index in [1.165, 1.54) is 12.8 Å². The molecule has 2 heterocycles. The van der Waals surface area contributed by atoms with Crippen molar-refractivity contribution in [2.24, 2.45) is 0 Å². The number of anilines is 1. The smallest absolute Gasteiger partial charge is 0.270 e. The summed E-state index contributed by atoms with van der Waals surface area (Å²) in [5.41, 5.74) is 1.32. The number of carbonyl (C=O) groups excluding carboxylic acids is 1. The lowest BCUT2D eigenvalue weighted by Gasteiger charge is -2.20.